The summed E-state index contributed by atoms with van der Waals surface area (Å²) in [5.74, 6) is 0.443. The molecule has 1 heterocycles. The summed E-state index contributed by atoms with van der Waals surface area (Å²) in [6.07, 6.45) is 2.52. The minimum absolute atomic E-state index is 0.0379. The van der Waals surface area contributed by atoms with E-state index in [1.807, 2.05) is 6.07 Å². The molecular formula is C11H5ClN4O3. The summed E-state index contributed by atoms with van der Waals surface area (Å²) >= 11 is 5.74. The molecule has 0 radical (unpaired) electrons. The number of nitro groups is 1. The Labute approximate surface area is 112 Å². The third-order valence-corrected chi connectivity index (χ3v) is 2.38. The lowest BCUT2D eigenvalue weighted by Gasteiger charge is -2.04. The minimum atomic E-state index is -0.590. The van der Waals surface area contributed by atoms with Gasteiger partial charge >= 0.3 is 0 Å². The Morgan fingerprint density at radius 2 is 2.16 bits per heavy atom. The highest BCUT2D eigenvalue weighted by atomic mass is 35.5. The van der Waals surface area contributed by atoms with Crippen LogP contribution in [0.2, 0.25) is 5.02 Å². The number of nitriles is 1. The van der Waals surface area contributed by atoms with Crippen LogP contribution in [0.3, 0.4) is 0 Å². The molecule has 1 aromatic heterocycles. The van der Waals surface area contributed by atoms with Gasteiger partial charge in [0.1, 0.15) is 16.8 Å². The van der Waals surface area contributed by atoms with Crippen LogP contribution in [0.15, 0.2) is 30.6 Å². The molecule has 0 saturated carbocycles. The number of hydrogen-bond acceptors (Lipinski definition) is 6. The highest BCUT2D eigenvalue weighted by Crippen LogP contribution is 2.30. The van der Waals surface area contributed by atoms with Crippen LogP contribution in [-0.2, 0) is 0 Å². The molecule has 0 unspecified atom stereocenters. The Morgan fingerprint density at radius 1 is 1.37 bits per heavy atom. The zero-order chi connectivity index (χ0) is 13.8. The number of hydrogen-bond donors (Lipinski definition) is 0. The van der Waals surface area contributed by atoms with Crippen LogP contribution in [0.25, 0.3) is 0 Å². The zero-order valence-corrected chi connectivity index (χ0v) is 10.0. The Bertz CT molecular complexity index is 667. The van der Waals surface area contributed by atoms with Gasteiger partial charge in [-0.05, 0) is 6.07 Å². The second-order valence-corrected chi connectivity index (χ2v) is 3.73. The van der Waals surface area contributed by atoms with Gasteiger partial charge in [-0.15, -0.1) is 0 Å². The molecule has 2 rings (SSSR count). The molecule has 0 N–H and O–H groups in total. The summed E-state index contributed by atoms with van der Waals surface area (Å²) in [6, 6.07) is 5.75. The first-order valence-corrected chi connectivity index (χ1v) is 5.32. The van der Waals surface area contributed by atoms with Crippen molar-refractivity contribution in [1.29, 1.82) is 5.26 Å². The molecule has 0 spiro atoms. The standard InChI is InChI=1S/C11H5ClN4O3/c12-9-3-8(1-2-10(9)16(17)18)19-11-6-14-7(4-13)5-15-11/h1-3,5-6H. The first kappa shape index (κ1) is 12.7. The van der Waals surface area contributed by atoms with Crippen molar-refractivity contribution >= 4 is 17.3 Å². The van der Waals surface area contributed by atoms with Gasteiger partial charge in [-0.2, -0.15) is 5.26 Å². The fraction of sp³-hybridized carbons (Fsp3) is 0. The summed E-state index contributed by atoms with van der Waals surface area (Å²) in [6.45, 7) is 0. The summed E-state index contributed by atoms with van der Waals surface area (Å²) in [7, 11) is 0. The van der Waals surface area contributed by atoms with E-state index in [4.69, 9.17) is 21.6 Å². The van der Waals surface area contributed by atoms with Gasteiger partial charge in [0.05, 0.1) is 17.3 Å². The van der Waals surface area contributed by atoms with E-state index in [0.717, 1.165) is 0 Å². The van der Waals surface area contributed by atoms with Gasteiger partial charge in [-0.3, -0.25) is 10.1 Å². The predicted octanol–water partition coefficient (Wildman–Crippen LogP) is 2.70. The molecule has 8 heteroatoms. The third-order valence-electron chi connectivity index (χ3n) is 2.08. The average molecular weight is 277 g/mol. The fourth-order valence-corrected chi connectivity index (χ4v) is 1.49. The number of nitrogens with zero attached hydrogens (tertiary/aromatic N) is 4. The van der Waals surface area contributed by atoms with Crippen molar-refractivity contribution in [2.24, 2.45) is 0 Å². The number of ether oxygens (including phenoxy) is 1. The lowest BCUT2D eigenvalue weighted by Crippen LogP contribution is -1.93. The highest BCUT2D eigenvalue weighted by Gasteiger charge is 2.13. The monoisotopic (exact) mass is 276 g/mol. The van der Waals surface area contributed by atoms with Crippen molar-refractivity contribution in [1.82, 2.24) is 9.97 Å². The Kier molecular flexibility index (Phi) is 3.54. The van der Waals surface area contributed by atoms with Crippen molar-refractivity contribution in [2.75, 3.05) is 0 Å². The van der Waals surface area contributed by atoms with Crippen LogP contribution in [0.4, 0.5) is 5.69 Å². The van der Waals surface area contributed by atoms with Gasteiger partial charge in [0, 0.05) is 12.1 Å². The Balaban J connectivity index is 2.21. The third kappa shape index (κ3) is 2.94. The fourth-order valence-electron chi connectivity index (χ4n) is 1.25. The molecule has 0 aliphatic carbocycles. The lowest BCUT2D eigenvalue weighted by molar-refractivity contribution is -0.384. The molecule has 0 fully saturated rings. The molecule has 2 aromatic rings. The lowest BCUT2D eigenvalue weighted by atomic mass is 10.3. The minimum Gasteiger partial charge on any atom is -0.437 e. The average Bonchev–Trinajstić information content (AvgIpc) is 2.39. The summed E-state index contributed by atoms with van der Waals surface area (Å²) in [4.78, 5) is 17.6. The molecule has 0 aliphatic rings. The van der Waals surface area contributed by atoms with Gasteiger partial charge in [0.25, 0.3) is 5.69 Å². The second-order valence-electron chi connectivity index (χ2n) is 3.32. The summed E-state index contributed by atoms with van der Waals surface area (Å²) in [5, 5.41) is 19.1. The maximum atomic E-state index is 10.6. The van der Waals surface area contributed by atoms with Gasteiger partial charge in [0.15, 0.2) is 5.69 Å². The summed E-state index contributed by atoms with van der Waals surface area (Å²) in [5.41, 5.74) is -0.0472. The van der Waals surface area contributed by atoms with E-state index in [0.29, 0.717) is 0 Å². The Morgan fingerprint density at radius 3 is 2.68 bits per heavy atom. The van der Waals surface area contributed by atoms with E-state index >= 15 is 0 Å². The van der Waals surface area contributed by atoms with Crippen LogP contribution in [0, 0.1) is 21.4 Å². The zero-order valence-electron chi connectivity index (χ0n) is 9.28. The largest absolute Gasteiger partial charge is 0.437 e. The van der Waals surface area contributed by atoms with E-state index in [2.05, 4.69) is 9.97 Å². The molecule has 0 amide bonds. The molecule has 94 valence electrons. The maximum Gasteiger partial charge on any atom is 0.288 e. The quantitative estimate of drug-likeness (QED) is 0.631. The van der Waals surface area contributed by atoms with E-state index in [1.165, 1.54) is 30.6 Å². The van der Waals surface area contributed by atoms with Gasteiger partial charge in [0.2, 0.25) is 5.88 Å². The smallest absolute Gasteiger partial charge is 0.288 e. The van der Waals surface area contributed by atoms with Crippen LogP contribution < -0.4 is 4.74 Å². The van der Waals surface area contributed by atoms with Crippen LogP contribution in [-0.4, -0.2) is 14.9 Å². The number of halogens is 1. The van der Waals surface area contributed by atoms with E-state index in [1.54, 1.807) is 0 Å². The second kappa shape index (κ2) is 5.29. The number of aromatic nitrogens is 2. The molecule has 0 atom stereocenters. The van der Waals surface area contributed by atoms with Crippen LogP contribution in [0.5, 0.6) is 11.6 Å². The molecule has 7 nitrogen and oxygen atoms in total. The topological polar surface area (TPSA) is 102 Å². The number of rotatable bonds is 3. The predicted molar refractivity (Wildman–Crippen MR) is 64.9 cm³/mol. The van der Waals surface area contributed by atoms with Gasteiger partial charge in [-0.1, -0.05) is 11.6 Å². The first-order valence-electron chi connectivity index (χ1n) is 4.94. The molecular weight excluding hydrogens is 272 g/mol. The Hall–Kier alpha value is -2.72. The normalized spacial score (nSPS) is 9.68. The van der Waals surface area contributed by atoms with Crippen molar-refractivity contribution in [3.8, 4) is 17.7 Å². The van der Waals surface area contributed by atoms with E-state index in [-0.39, 0.29) is 28.0 Å². The number of nitro benzene ring substituents is 1. The molecule has 0 saturated heterocycles. The summed E-state index contributed by atoms with van der Waals surface area (Å²) < 4.78 is 5.30. The van der Waals surface area contributed by atoms with Crippen molar-refractivity contribution in [3.63, 3.8) is 0 Å². The molecule has 1 aromatic carbocycles. The maximum absolute atomic E-state index is 10.6. The number of benzene rings is 1. The van der Waals surface area contributed by atoms with E-state index in [9.17, 15) is 10.1 Å². The van der Waals surface area contributed by atoms with Gasteiger partial charge < -0.3 is 4.74 Å². The SMILES string of the molecule is N#Cc1cnc(Oc2ccc([N+](=O)[O-])c(Cl)c2)cn1. The molecule has 0 aliphatic heterocycles. The molecule has 0 bridgehead atoms. The highest BCUT2D eigenvalue weighted by molar-refractivity contribution is 6.32. The van der Waals surface area contributed by atoms with Crippen molar-refractivity contribution in [3.05, 3.63) is 51.4 Å². The van der Waals surface area contributed by atoms with Gasteiger partial charge in [-0.25, -0.2) is 9.97 Å². The van der Waals surface area contributed by atoms with Crippen molar-refractivity contribution < 1.29 is 9.66 Å². The van der Waals surface area contributed by atoms with Crippen molar-refractivity contribution in [2.45, 2.75) is 0 Å². The van der Waals surface area contributed by atoms with E-state index < -0.39 is 4.92 Å². The first-order chi connectivity index (χ1) is 9.10. The molecule has 19 heavy (non-hydrogen) atoms. The van der Waals surface area contributed by atoms with Crippen LogP contribution in [0.1, 0.15) is 5.69 Å². The van der Waals surface area contributed by atoms with Crippen LogP contribution >= 0.6 is 11.6 Å².